The number of aryl methyl sites for hydroxylation is 1. The highest BCUT2D eigenvalue weighted by Crippen LogP contribution is 2.29. The molecule has 0 fully saturated rings. The molecule has 30 heavy (non-hydrogen) atoms. The molecule has 0 saturated heterocycles. The van der Waals surface area contributed by atoms with Gasteiger partial charge in [-0.3, -0.25) is 9.88 Å². The third-order valence-electron chi connectivity index (χ3n) is 4.86. The van der Waals surface area contributed by atoms with Crippen LogP contribution >= 0.6 is 0 Å². The number of aromatic nitrogens is 1. The van der Waals surface area contributed by atoms with E-state index in [0.717, 1.165) is 34.2 Å². The molecule has 3 aromatic rings. The van der Waals surface area contributed by atoms with Gasteiger partial charge in [-0.2, -0.15) is 13.2 Å². The van der Waals surface area contributed by atoms with E-state index in [-0.39, 0.29) is 6.61 Å². The Hall–Kier alpha value is -2.93. The van der Waals surface area contributed by atoms with E-state index in [1.54, 1.807) is 6.92 Å². The molecule has 0 aliphatic carbocycles. The van der Waals surface area contributed by atoms with Gasteiger partial charge in [0.25, 0.3) is 0 Å². The molecule has 4 nitrogen and oxygen atoms in total. The number of esters is 1. The number of ether oxygens (including phenoxy) is 1. The van der Waals surface area contributed by atoms with Crippen molar-refractivity contribution in [3.8, 4) is 0 Å². The number of alkyl halides is 3. The van der Waals surface area contributed by atoms with Gasteiger partial charge in [0, 0.05) is 18.5 Å². The maximum Gasteiger partial charge on any atom is 0.416 e. The van der Waals surface area contributed by atoms with Crippen LogP contribution in [0.2, 0.25) is 0 Å². The molecule has 0 unspecified atom stereocenters. The van der Waals surface area contributed by atoms with Gasteiger partial charge < -0.3 is 4.74 Å². The Kier molecular flexibility index (Phi) is 6.41. The van der Waals surface area contributed by atoms with Crippen molar-refractivity contribution in [3.63, 3.8) is 0 Å². The van der Waals surface area contributed by atoms with Crippen LogP contribution in [0.5, 0.6) is 0 Å². The number of carbonyl (C=O) groups is 1. The predicted molar refractivity (Wildman–Crippen MR) is 109 cm³/mol. The SMILES string of the molecule is CCOC(=O)c1c(CN(C)Cc2ccc(C(F)(F)F)cc2)nc2ccccc2c1C. The van der Waals surface area contributed by atoms with Crippen molar-refractivity contribution in [3.05, 3.63) is 76.5 Å². The molecule has 0 N–H and O–H groups in total. The lowest BCUT2D eigenvalue weighted by molar-refractivity contribution is -0.137. The fraction of sp³-hybridized carbons (Fsp3) is 0.304. The maximum absolute atomic E-state index is 12.8. The molecule has 3 rings (SSSR count). The summed E-state index contributed by atoms with van der Waals surface area (Å²) in [7, 11) is 1.83. The van der Waals surface area contributed by atoms with Gasteiger partial charge in [-0.25, -0.2) is 4.79 Å². The molecule has 0 amide bonds. The van der Waals surface area contributed by atoms with Gasteiger partial charge >= 0.3 is 12.1 Å². The number of rotatable bonds is 6. The molecule has 2 aromatic carbocycles. The van der Waals surface area contributed by atoms with E-state index >= 15 is 0 Å². The van der Waals surface area contributed by atoms with Crippen molar-refractivity contribution in [1.29, 1.82) is 0 Å². The normalized spacial score (nSPS) is 11.8. The molecule has 158 valence electrons. The second-order valence-electron chi connectivity index (χ2n) is 7.16. The van der Waals surface area contributed by atoms with E-state index in [4.69, 9.17) is 4.74 Å². The lowest BCUT2D eigenvalue weighted by atomic mass is 10.0. The van der Waals surface area contributed by atoms with E-state index in [1.807, 2.05) is 43.1 Å². The minimum atomic E-state index is -4.36. The summed E-state index contributed by atoms with van der Waals surface area (Å²) in [5, 5.41) is 0.884. The van der Waals surface area contributed by atoms with Gasteiger partial charge in [0.2, 0.25) is 0 Å². The van der Waals surface area contributed by atoms with Gasteiger partial charge in [0.05, 0.1) is 28.9 Å². The summed E-state index contributed by atoms with van der Waals surface area (Å²) in [6, 6.07) is 12.6. The van der Waals surface area contributed by atoms with Crippen molar-refractivity contribution in [2.75, 3.05) is 13.7 Å². The van der Waals surface area contributed by atoms with Crippen LogP contribution in [-0.2, 0) is 24.0 Å². The van der Waals surface area contributed by atoms with Gasteiger partial charge in [-0.1, -0.05) is 30.3 Å². The first-order chi connectivity index (χ1) is 14.2. The molecular formula is C23H23F3N2O2. The van der Waals surface area contributed by atoms with Crippen LogP contribution in [0.3, 0.4) is 0 Å². The van der Waals surface area contributed by atoms with Crippen molar-refractivity contribution in [1.82, 2.24) is 9.88 Å². The van der Waals surface area contributed by atoms with Crippen molar-refractivity contribution >= 4 is 16.9 Å². The smallest absolute Gasteiger partial charge is 0.416 e. The van der Waals surface area contributed by atoms with Crippen LogP contribution in [0.25, 0.3) is 10.9 Å². The van der Waals surface area contributed by atoms with E-state index in [0.29, 0.717) is 24.3 Å². The Balaban J connectivity index is 1.88. The fourth-order valence-electron chi connectivity index (χ4n) is 3.45. The lowest BCUT2D eigenvalue weighted by Crippen LogP contribution is -2.22. The molecule has 1 aromatic heterocycles. The molecule has 0 atom stereocenters. The van der Waals surface area contributed by atoms with Crippen molar-refractivity contribution < 1.29 is 22.7 Å². The number of nitrogens with zero attached hydrogens (tertiary/aromatic N) is 2. The summed E-state index contributed by atoms with van der Waals surface area (Å²) < 4.78 is 43.5. The highest BCUT2D eigenvalue weighted by Gasteiger charge is 2.30. The average Bonchev–Trinajstić information content (AvgIpc) is 2.68. The average molecular weight is 416 g/mol. The standard InChI is InChI=1S/C23H23F3N2O2/c1-4-30-22(29)21-15(2)18-7-5-6-8-19(18)27-20(21)14-28(3)13-16-9-11-17(12-10-16)23(24,25)26/h5-12H,4,13-14H2,1-3H3. The van der Waals surface area contributed by atoms with Gasteiger partial charge in [-0.15, -0.1) is 0 Å². The Morgan fingerprint density at radius 2 is 1.73 bits per heavy atom. The van der Waals surface area contributed by atoms with Crippen LogP contribution < -0.4 is 0 Å². The number of fused-ring (bicyclic) bond motifs is 1. The van der Waals surface area contributed by atoms with Gasteiger partial charge in [0.1, 0.15) is 0 Å². The second-order valence-corrected chi connectivity index (χ2v) is 7.16. The fourth-order valence-corrected chi connectivity index (χ4v) is 3.45. The predicted octanol–water partition coefficient (Wildman–Crippen LogP) is 5.37. The Labute approximate surface area is 173 Å². The minimum Gasteiger partial charge on any atom is -0.462 e. The third-order valence-corrected chi connectivity index (χ3v) is 4.86. The maximum atomic E-state index is 12.8. The van der Waals surface area contributed by atoms with Crippen LogP contribution in [0.15, 0.2) is 48.5 Å². The van der Waals surface area contributed by atoms with Crippen molar-refractivity contribution in [2.45, 2.75) is 33.1 Å². The lowest BCUT2D eigenvalue weighted by Gasteiger charge is -2.20. The summed E-state index contributed by atoms with van der Waals surface area (Å²) in [6.45, 7) is 4.63. The Morgan fingerprint density at radius 1 is 1.07 bits per heavy atom. The number of hydrogen-bond donors (Lipinski definition) is 0. The zero-order chi connectivity index (χ0) is 21.9. The minimum absolute atomic E-state index is 0.256. The molecule has 0 bridgehead atoms. The number of halogens is 3. The number of pyridine rings is 1. The Morgan fingerprint density at radius 3 is 2.37 bits per heavy atom. The van der Waals surface area contributed by atoms with E-state index < -0.39 is 17.7 Å². The van der Waals surface area contributed by atoms with Crippen LogP contribution in [0, 0.1) is 6.92 Å². The quantitative estimate of drug-likeness (QED) is 0.507. The molecule has 1 heterocycles. The largest absolute Gasteiger partial charge is 0.462 e. The van der Waals surface area contributed by atoms with E-state index in [9.17, 15) is 18.0 Å². The summed E-state index contributed by atoms with van der Waals surface area (Å²) in [6.07, 6.45) is -4.36. The summed E-state index contributed by atoms with van der Waals surface area (Å²) in [5.74, 6) is -0.425. The molecule has 7 heteroatoms. The third kappa shape index (κ3) is 4.79. The van der Waals surface area contributed by atoms with E-state index in [1.165, 1.54) is 12.1 Å². The van der Waals surface area contributed by atoms with Crippen LogP contribution in [0.4, 0.5) is 13.2 Å². The molecular weight excluding hydrogens is 393 g/mol. The first-order valence-electron chi connectivity index (χ1n) is 9.60. The summed E-state index contributed by atoms with van der Waals surface area (Å²) >= 11 is 0. The molecule has 0 radical (unpaired) electrons. The molecule has 0 aliphatic heterocycles. The number of hydrogen-bond acceptors (Lipinski definition) is 4. The second kappa shape index (κ2) is 8.83. The topological polar surface area (TPSA) is 42.4 Å². The molecule has 0 spiro atoms. The first-order valence-corrected chi connectivity index (χ1v) is 9.60. The number of benzene rings is 2. The van der Waals surface area contributed by atoms with Crippen molar-refractivity contribution in [2.24, 2.45) is 0 Å². The molecule has 0 aliphatic rings. The number of para-hydroxylation sites is 1. The van der Waals surface area contributed by atoms with Gasteiger partial charge in [0.15, 0.2) is 0 Å². The highest BCUT2D eigenvalue weighted by atomic mass is 19.4. The zero-order valence-corrected chi connectivity index (χ0v) is 17.1. The van der Waals surface area contributed by atoms with Gasteiger partial charge in [-0.05, 0) is 50.2 Å². The Bertz CT molecular complexity index is 1050. The monoisotopic (exact) mass is 416 g/mol. The van der Waals surface area contributed by atoms with Crippen LogP contribution in [0.1, 0.15) is 39.7 Å². The summed E-state index contributed by atoms with van der Waals surface area (Å²) in [5.41, 5.74) is 2.66. The van der Waals surface area contributed by atoms with Crippen LogP contribution in [-0.4, -0.2) is 29.5 Å². The zero-order valence-electron chi connectivity index (χ0n) is 17.1. The molecule has 0 saturated carbocycles. The first kappa shape index (κ1) is 21.8. The number of carbonyl (C=O) groups excluding carboxylic acids is 1. The van der Waals surface area contributed by atoms with E-state index in [2.05, 4.69) is 4.98 Å². The summed E-state index contributed by atoms with van der Waals surface area (Å²) in [4.78, 5) is 19.2. The highest BCUT2D eigenvalue weighted by molar-refractivity contribution is 5.98.